The zero-order valence-electron chi connectivity index (χ0n) is 11.2. The molecular weight excluding hydrogens is 278 g/mol. The summed E-state index contributed by atoms with van der Waals surface area (Å²) in [4.78, 5) is 2.36. The van der Waals surface area contributed by atoms with Gasteiger partial charge < -0.3 is 9.64 Å². The number of hydrogen-bond acceptors (Lipinski definition) is 6. The van der Waals surface area contributed by atoms with Crippen molar-refractivity contribution in [3.05, 3.63) is 5.01 Å². The summed E-state index contributed by atoms with van der Waals surface area (Å²) in [6, 6.07) is 0. The largest absolute Gasteiger partial charge is 0.377 e. The fraction of sp³-hybridized carbons (Fsp3) is 0.846. The van der Waals surface area contributed by atoms with Crippen molar-refractivity contribution < 1.29 is 4.74 Å². The molecule has 1 atom stereocenters. The van der Waals surface area contributed by atoms with Gasteiger partial charge in [0.15, 0.2) is 0 Å². The van der Waals surface area contributed by atoms with E-state index < -0.39 is 0 Å². The molecule has 104 valence electrons. The van der Waals surface area contributed by atoms with E-state index in [0.29, 0.717) is 10.9 Å². The second kappa shape index (κ2) is 4.60. The Morgan fingerprint density at radius 1 is 1.37 bits per heavy atom. The van der Waals surface area contributed by atoms with Crippen molar-refractivity contribution in [3.8, 4) is 0 Å². The standard InChI is InChI=1S/C13H19N3OS2/c1-9-14-15-12(19-9)16-7-13(8-16)4-11(6-18-13)17-5-10-2-3-10/h10-11H,2-8H2,1H3/t11-/m1/s1. The molecule has 3 aliphatic rings. The minimum Gasteiger partial charge on any atom is -0.377 e. The van der Waals surface area contributed by atoms with Gasteiger partial charge >= 0.3 is 0 Å². The van der Waals surface area contributed by atoms with Gasteiger partial charge in [0.05, 0.1) is 10.9 Å². The van der Waals surface area contributed by atoms with Crippen LogP contribution in [0, 0.1) is 12.8 Å². The summed E-state index contributed by atoms with van der Waals surface area (Å²) in [6.07, 6.45) is 4.48. The minimum absolute atomic E-state index is 0.438. The Morgan fingerprint density at radius 2 is 2.21 bits per heavy atom. The van der Waals surface area contributed by atoms with Gasteiger partial charge in [0.2, 0.25) is 5.13 Å². The molecule has 1 aliphatic carbocycles. The number of anilines is 1. The van der Waals surface area contributed by atoms with Crippen molar-refractivity contribution in [1.82, 2.24) is 10.2 Å². The Bertz CT molecular complexity index is 468. The first-order valence-electron chi connectivity index (χ1n) is 7.03. The van der Waals surface area contributed by atoms with E-state index >= 15 is 0 Å². The van der Waals surface area contributed by atoms with Crippen LogP contribution in [0.25, 0.3) is 0 Å². The maximum absolute atomic E-state index is 6.04. The average molecular weight is 297 g/mol. The van der Waals surface area contributed by atoms with Gasteiger partial charge in [0, 0.05) is 25.4 Å². The van der Waals surface area contributed by atoms with Crippen LogP contribution < -0.4 is 4.90 Å². The van der Waals surface area contributed by atoms with Crippen molar-refractivity contribution in [2.45, 2.75) is 37.0 Å². The Hall–Kier alpha value is -0.330. The molecule has 0 amide bonds. The molecule has 3 heterocycles. The summed E-state index contributed by atoms with van der Waals surface area (Å²) in [7, 11) is 0. The molecule has 3 fully saturated rings. The second-order valence-corrected chi connectivity index (χ2v) is 8.70. The lowest BCUT2D eigenvalue weighted by molar-refractivity contribution is 0.0529. The number of hydrogen-bond donors (Lipinski definition) is 0. The average Bonchev–Trinajstić information content (AvgIpc) is 2.92. The van der Waals surface area contributed by atoms with Crippen molar-refractivity contribution >= 4 is 28.2 Å². The summed E-state index contributed by atoms with van der Waals surface area (Å²) >= 11 is 3.81. The molecule has 1 aromatic heterocycles. The van der Waals surface area contributed by atoms with E-state index in [9.17, 15) is 0 Å². The molecule has 4 rings (SSSR count). The number of ether oxygens (including phenoxy) is 1. The fourth-order valence-corrected chi connectivity index (χ4v) is 5.12. The SMILES string of the molecule is Cc1nnc(N2CC3(C[C@@H](OCC4CC4)CS3)C2)s1. The summed E-state index contributed by atoms with van der Waals surface area (Å²) in [5.74, 6) is 2.05. The van der Waals surface area contributed by atoms with Crippen LogP contribution in [0.15, 0.2) is 0 Å². The smallest absolute Gasteiger partial charge is 0.208 e. The van der Waals surface area contributed by atoms with Gasteiger partial charge in [0.1, 0.15) is 5.01 Å². The lowest BCUT2D eigenvalue weighted by atomic mass is 9.93. The van der Waals surface area contributed by atoms with Gasteiger partial charge in [-0.3, -0.25) is 0 Å². The molecule has 0 N–H and O–H groups in total. The van der Waals surface area contributed by atoms with Gasteiger partial charge in [-0.05, 0) is 32.1 Å². The molecule has 2 saturated heterocycles. The Balaban J connectivity index is 1.29. The molecule has 6 heteroatoms. The summed E-state index contributed by atoms with van der Waals surface area (Å²) in [6.45, 7) is 5.26. The molecular formula is C13H19N3OS2. The number of rotatable bonds is 4. The predicted molar refractivity (Wildman–Crippen MR) is 79.1 cm³/mol. The van der Waals surface area contributed by atoms with Crippen molar-refractivity contribution in [2.24, 2.45) is 5.92 Å². The highest BCUT2D eigenvalue weighted by Gasteiger charge is 2.50. The van der Waals surface area contributed by atoms with Crippen molar-refractivity contribution in [3.63, 3.8) is 0 Å². The maximum Gasteiger partial charge on any atom is 0.208 e. The molecule has 1 saturated carbocycles. The lowest BCUT2D eigenvalue weighted by Gasteiger charge is -2.47. The number of nitrogens with zero attached hydrogens (tertiary/aromatic N) is 3. The first-order valence-corrected chi connectivity index (χ1v) is 8.83. The van der Waals surface area contributed by atoms with Crippen LogP contribution in [0.1, 0.15) is 24.3 Å². The summed E-state index contributed by atoms with van der Waals surface area (Å²) in [5.41, 5.74) is 0. The van der Waals surface area contributed by atoms with Crippen LogP contribution >= 0.6 is 23.1 Å². The van der Waals surface area contributed by atoms with E-state index in [1.54, 1.807) is 11.3 Å². The van der Waals surface area contributed by atoms with E-state index in [-0.39, 0.29) is 0 Å². The maximum atomic E-state index is 6.04. The van der Waals surface area contributed by atoms with Gasteiger partial charge in [-0.2, -0.15) is 0 Å². The molecule has 0 bridgehead atoms. The highest BCUT2D eigenvalue weighted by Crippen LogP contribution is 2.48. The van der Waals surface area contributed by atoms with Crippen LogP contribution in [-0.2, 0) is 4.74 Å². The van der Waals surface area contributed by atoms with E-state index in [1.165, 1.54) is 25.0 Å². The zero-order valence-corrected chi connectivity index (χ0v) is 12.8. The Labute approximate surface area is 121 Å². The van der Waals surface area contributed by atoms with Gasteiger partial charge in [0.25, 0.3) is 0 Å². The molecule has 4 nitrogen and oxygen atoms in total. The number of aromatic nitrogens is 2. The quantitative estimate of drug-likeness (QED) is 0.853. The predicted octanol–water partition coefficient (Wildman–Crippen LogP) is 2.34. The minimum atomic E-state index is 0.438. The van der Waals surface area contributed by atoms with Gasteiger partial charge in [-0.15, -0.1) is 22.0 Å². The van der Waals surface area contributed by atoms with E-state index in [0.717, 1.165) is 35.8 Å². The van der Waals surface area contributed by atoms with Crippen LogP contribution in [0.3, 0.4) is 0 Å². The number of aryl methyl sites for hydroxylation is 1. The second-order valence-electron chi connectivity index (χ2n) is 6.06. The van der Waals surface area contributed by atoms with Crippen molar-refractivity contribution in [2.75, 3.05) is 30.3 Å². The van der Waals surface area contributed by atoms with Gasteiger partial charge in [-0.1, -0.05) is 11.3 Å². The first kappa shape index (κ1) is 12.4. The number of thioether (sulfide) groups is 1. The van der Waals surface area contributed by atoms with E-state index in [1.807, 2.05) is 6.92 Å². The molecule has 0 aromatic carbocycles. The topological polar surface area (TPSA) is 38.2 Å². The summed E-state index contributed by atoms with van der Waals surface area (Å²) in [5, 5.41) is 10.5. The summed E-state index contributed by atoms with van der Waals surface area (Å²) < 4.78 is 6.48. The normalized spacial score (nSPS) is 28.9. The Morgan fingerprint density at radius 3 is 2.89 bits per heavy atom. The highest BCUT2D eigenvalue weighted by atomic mass is 32.2. The van der Waals surface area contributed by atoms with Crippen LogP contribution in [0.2, 0.25) is 0 Å². The molecule has 1 spiro atoms. The van der Waals surface area contributed by atoms with Crippen LogP contribution in [0.5, 0.6) is 0 Å². The molecule has 19 heavy (non-hydrogen) atoms. The molecule has 0 unspecified atom stereocenters. The Kier molecular flexibility index (Phi) is 3.01. The van der Waals surface area contributed by atoms with E-state index in [4.69, 9.17) is 4.74 Å². The van der Waals surface area contributed by atoms with Crippen LogP contribution in [0.4, 0.5) is 5.13 Å². The molecule has 0 radical (unpaired) electrons. The fourth-order valence-electron chi connectivity index (χ4n) is 2.89. The van der Waals surface area contributed by atoms with Crippen LogP contribution in [-0.4, -0.2) is 46.5 Å². The third kappa shape index (κ3) is 2.50. The molecule has 2 aliphatic heterocycles. The first-order chi connectivity index (χ1) is 9.22. The van der Waals surface area contributed by atoms with Crippen molar-refractivity contribution in [1.29, 1.82) is 0 Å². The third-order valence-electron chi connectivity index (χ3n) is 4.18. The third-order valence-corrected chi connectivity index (χ3v) is 6.66. The lowest BCUT2D eigenvalue weighted by Crippen LogP contribution is -2.59. The monoisotopic (exact) mass is 297 g/mol. The van der Waals surface area contributed by atoms with Gasteiger partial charge in [-0.25, -0.2) is 0 Å². The zero-order chi connectivity index (χ0) is 12.9. The molecule has 1 aromatic rings. The highest BCUT2D eigenvalue weighted by molar-refractivity contribution is 8.01. The van der Waals surface area contributed by atoms with E-state index in [2.05, 4.69) is 26.9 Å².